The highest BCUT2D eigenvalue weighted by atomic mass is 31.1. The van der Waals surface area contributed by atoms with Crippen LogP contribution < -0.4 is 10.2 Å². The van der Waals surface area contributed by atoms with Crippen molar-refractivity contribution >= 4 is 8.03 Å². The predicted molar refractivity (Wildman–Crippen MR) is 94.7 cm³/mol. The Morgan fingerprint density at radius 1 is 0.667 bits per heavy atom. The molecular weight excluding hydrogens is 317 g/mol. The number of nitrogens with one attached hydrogen (secondary N) is 1. The first-order valence-corrected chi connectivity index (χ1v) is 9.05. The molecule has 3 aromatic rings. The van der Waals surface area contributed by atoms with Crippen molar-refractivity contribution in [2.45, 2.75) is 11.8 Å². The van der Waals surface area contributed by atoms with Crippen molar-refractivity contribution in [3.05, 3.63) is 108 Å². The van der Waals surface area contributed by atoms with Gasteiger partial charge in [-0.2, -0.15) is 0 Å². The molecule has 1 N–H and O–H groups in total. The zero-order valence-electron chi connectivity index (χ0n) is 13.1. The van der Waals surface area contributed by atoms with Gasteiger partial charge in [-0.05, 0) is 11.1 Å². The summed E-state index contributed by atoms with van der Waals surface area (Å²) in [5.41, 5.74) is 2.80. The Hall–Kier alpha value is -2.32. The predicted octanol–water partition coefficient (Wildman–Crippen LogP) is 4.17. The van der Waals surface area contributed by atoms with E-state index >= 15 is 0 Å². The zero-order chi connectivity index (χ0) is 16.8. The molecule has 0 saturated carbocycles. The second kappa shape index (κ2) is 7.98. The molecule has 0 bridgehead atoms. The third-order valence-electron chi connectivity index (χ3n) is 3.92. The van der Waals surface area contributed by atoms with E-state index < -0.39 is 13.8 Å². The molecule has 24 heavy (non-hydrogen) atoms. The number of hydrogen-bond acceptors (Lipinski definition) is 3. The van der Waals surface area contributed by atoms with Crippen LogP contribution in [0.3, 0.4) is 0 Å². The van der Waals surface area contributed by atoms with E-state index in [1.165, 1.54) is 0 Å². The lowest BCUT2D eigenvalue weighted by Crippen LogP contribution is -2.27. The molecule has 0 aliphatic rings. The molecule has 2 unspecified atom stereocenters. The number of hydrogen-bond donors (Lipinski definition) is 1. The van der Waals surface area contributed by atoms with E-state index in [0.717, 1.165) is 16.7 Å². The van der Waals surface area contributed by atoms with Gasteiger partial charge >= 0.3 is 8.03 Å². The monoisotopic (exact) mass is 335 g/mol. The van der Waals surface area contributed by atoms with Crippen LogP contribution in [-0.2, 0) is 4.57 Å². The topological polar surface area (TPSA) is 52.2 Å². The van der Waals surface area contributed by atoms with Gasteiger partial charge in [-0.25, -0.2) is 0 Å². The minimum atomic E-state index is -2.66. The Morgan fingerprint density at radius 3 is 1.42 bits per heavy atom. The minimum Gasteiger partial charge on any atom is -0.594 e. The van der Waals surface area contributed by atoms with Gasteiger partial charge in [0.25, 0.3) is 0 Å². The molecule has 0 aliphatic carbocycles. The Labute approximate surface area is 142 Å². The van der Waals surface area contributed by atoms with E-state index in [0.29, 0.717) is 0 Å². The summed E-state index contributed by atoms with van der Waals surface area (Å²) in [6.45, 7) is 0. The third kappa shape index (κ3) is 3.95. The second-order valence-electron chi connectivity index (χ2n) is 5.52. The van der Waals surface area contributed by atoms with E-state index in [1.54, 1.807) is 0 Å². The summed E-state index contributed by atoms with van der Waals surface area (Å²) in [6, 6.07) is 28.8. The zero-order valence-corrected chi connectivity index (χ0v) is 14.0. The largest absolute Gasteiger partial charge is 0.594 e. The maximum absolute atomic E-state index is 11.9. The molecule has 3 nitrogen and oxygen atoms in total. The molecule has 0 spiro atoms. The summed E-state index contributed by atoms with van der Waals surface area (Å²) >= 11 is 0. The van der Waals surface area contributed by atoms with Crippen LogP contribution in [-0.4, -0.2) is 0 Å². The first-order chi connectivity index (χ1) is 11.8. The second-order valence-corrected chi connectivity index (χ2v) is 6.61. The van der Waals surface area contributed by atoms with Crippen LogP contribution >= 0.6 is 8.03 Å². The molecule has 3 rings (SSSR count). The van der Waals surface area contributed by atoms with Gasteiger partial charge in [0, 0.05) is 5.56 Å². The standard InChI is InChI=1S/C20H18NO2P/c22-24(23)20(18-14-8-3-9-15-18)21-19(16-10-4-1-5-11-16)17-12-6-2-7-13-17/h1-15,19-21H. The molecule has 2 atom stereocenters. The Balaban J connectivity index is 1.98. The summed E-state index contributed by atoms with van der Waals surface area (Å²) in [6.07, 6.45) is 0. The molecule has 0 aliphatic heterocycles. The van der Waals surface area contributed by atoms with Gasteiger partial charge in [0.1, 0.15) is 0 Å². The van der Waals surface area contributed by atoms with Gasteiger partial charge in [0.2, 0.25) is 5.78 Å². The average Bonchev–Trinajstić information content (AvgIpc) is 2.64. The quantitative estimate of drug-likeness (QED) is 0.688. The van der Waals surface area contributed by atoms with E-state index in [1.807, 2.05) is 91.0 Å². The molecule has 0 saturated heterocycles. The van der Waals surface area contributed by atoms with E-state index in [9.17, 15) is 9.46 Å². The van der Waals surface area contributed by atoms with Gasteiger partial charge in [0.05, 0.1) is 6.04 Å². The molecule has 0 radical (unpaired) electrons. The maximum Gasteiger partial charge on any atom is 0.333 e. The van der Waals surface area contributed by atoms with Crippen molar-refractivity contribution < 1.29 is 9.46 Å². The molecule has 0 heterocycles. The van der Waals surface area contributed by atoms with Crippen molar-refractivity contribution in [1.82, 2.24) is 5.32 Å². The molecule has 120 valence electrons. The summed E-state index contributed by atoms with van der Waals surface area (Å²) < 4.78 is 11.9. The Morgan fingerprint density at radius 2 is 1.04 bits per heavy atom. The third-order valence-corrected chi connectivity index (χ3v) is 4.79. The molecule has 3 aromatic carbocycles. The molecular formula is C20H18NO2P. The fourth-order valence-electron chi connectivity index (χ4n) is 2.75. The first kappa shape index (κ1) is 16.5. The molecule has 4 heteroatoms. The van der Waals surface area contributed by atoms with E-state index in [-0.39, 0.29) is 6.04 Å². The first-order valence-electron chi connectivity index (χ1n) is 7.80. The van der Waals surface area contributed by atoms with Crippen molar-refractivity contribution in [2.75, 3.05) is 0 Å². The van der Waals surface area contributed by atoms with Crippen LogP contribution in [0.2, 0.25) is 0 Å². The summed E-state index contributed by atoms with van der Waals surface area (Å²) in [4.78, 5) is 11.9. The normalized spacial score (nSPS) is 12.8. The van der Waals surface area contributed by atoms with Gasteiger partial charge < -0.3 is 4.89 Å². The van der Waals surface area contributed by atoms with Gasteiger partial charge in [-0.3, -0.25) is 5.32 Å². The lowest BCUT2D eigenvalue weighted by atomic mass is 9.98. The SMILES string of the molecule is O=[P+]([O-])C(NC(c1ccccc1)c1ccccc1)c1ccccc1. The van der Waals surface area contributed by atoms with Crippen LogP contribution in [0.15, 0.2) is 91.0 Å². The fourth-order valence-corrected chi connectivity index (χ4v) is 3.43. The van der Waals surface area contributed by atoms with Crippen LogP contribution in [0.4, 0.5) is 0 Å². The lowest BCUT2D eigenvalue weighted by Gasteiger charge is -2.22. The van der Waals surface area contributed by atoms with Crippen LogP contribution in [0, 0.1) is 0 Å². The van der Waals surface area contributed by atoms with Crippen molar-refractivity contribution in [2.24, 2.45) is 0 Å². The maximum atomic E-state index is 11.9. The minimum absolute atomic E-state index is 0.203. The van der Waals surface area contributed by atoms with Crippen molar-refractivity contribution in [3.8, 4) is 0 Å². The molecule has 0 amide bonds. The van der Waals surface area contributed by atoms with Crippen LogP contribution in [0.25, 0.3) is 0 Å². The molecule has 0 aromatic heterocycles. The Bertz CT molecular complexity index is 739. The van der Waals surface area contributed by atoms with E-state index in [2.05, 4.69) is 5.32 Å². The van der Waals surface area contributed by atoms with Crippen LogP contribution in [0.5, 0.6) is 0 Å². The van der Waals surface area contributed by atoms with Crippen molar-refractivity contribution in [1.29, 1.82) is 0 Å². The number of rotatable bonds is 6. The highest BCUT2D eigenvalue weighted by molar-refractivity contribution is 7.36. The molecule has 0 fully saturated rings. The summed E-state index contributed by atoms with van der Waals surface area (Å²) in [7, 11) is -2.66. The summed E-state index contributed by atoms with van der Waals surface area (Å²) in [5, 5.41) is 3.31. The van der Waals surface area contributed by atoms with Crippen LogP contribution in [0.1, 0.15) is 28.5 Å². The number of benzene rings is 3. The fraction of sp³-hybridized carbons (Fsp3) is 0.100. The van der Waals surface area contributed by atoms with Gasteiger partial charge in [0.15, 0.2) is 0 Å². The van der Waals surface area contributed by atoms with Gasteiger partial charge in [-0.15, -0.1) is 0 Å². The average molecular weight is 335 g/mol. The Kier molecular flexibility index (Phi) is 5.50. The smallest absolute Gasteiger partial charge is 0.333 e. The van der Waals surface area contributed by atoms with Gasteiger partial charge in [-0.1, -0.05) is 95.6 Å². The lowest BCUT2D eigenvalue weighted by molar-refractivity contribution is -0.167. The highest BCUT2D eigenvalue weighted by Crippen LogP contribution is 2.36. The van der Waals surface area contributed by atoms with Crippen molar-refractivity contribution in [3.63, 3.8) is 0 Å². The highest BCUT2D eigenvalue weighted by Gasteiger charge is 2.28. The van der Waals surface area contributed by atoms with E-state index in [4.69, 9.17) is 0 Å². The summed E-state index contributed by atoms with van der Waals surface area (Å²) in [5.74, 6) is -0.744.